The van der Waals surface area contributed by atoms with E-state index in [0.717, 1.165) is 25.9 Å². The summed E-state index contributed by atoms with van der Waals surface area (Å²) in [5.41, 5.74) is 0.225. The van der Waals surface area contributed by atoms with Crippen LogP contribution in [0.5, 0.6) is 0 Å². The second-order valence-electron chi connectivity index (χ2n) is 9.03. The highest BCUT2D eigenvalue weighted by Crippen LogP contribution is 2.13. The number of carbonyl (C=O) groups is 2. The summed E-state index contributed by atoms with van der Waals surface area (Å²) in [5.74, 6) is -0.953. The molecule has 0 aliphatic carbocycles. The molecule has 0 spiro atoms. The topological polar surface area (TPSA) is 114 Å². The molecule has 2 aliphatic rings. The Morgan fingerprint density at radius 1 is 0.882 bits per heavy atom. The summed E-state index contributed by atoms with van der Waals surface area (Å²) in [4.78, 5) is 31.4. The first kappa shape index (κ1) is 26.5. The Balaban J connectivity index is 1.76. The quantitative estimate of drug-likeness (QED) is 0.561. The second kappa shape index (κ2) is 13.1. The van der Waals surface area contributed by atoms with Crippen LogP contribution in [0.15, 0.2) is 24.3 Å². The van der Waals surface area contributed by atoms with Crippen molar-refractivity contribution in [2.75, 3.05) is 59.0 Å². The van der Waals surface area contributed by atoms with Gasteiger partial charge in [-0.15, -0.1) is 0 Å². The maximum Gasteiger partial charge on any atom is 0.254 e. The maximum absolute atomic E-state index is 13.3. The number of ether oxygens (including phenoxy) is 1. The van der Waals surface area contributed by atoms with Gasteiger partial charge in [0, 0.05) is 38.3 Å². The molecular formula is C24H36FN3O6. The minimum absolute atomic E-state index is 0.0138. The molecule has 0 bridgehead atoms. The van der Waals surface area contributed by atoms with E-state index in [0.29, 0.717) is 32.5 Å². The SMILES string of the molecule is O=C(CN1CCCC1)N1CCCCOC[C@@H](O)[C@H](O)[C@@H](O)CN(C(=O)c2ccc(F)cc2)CC1. The molecule has 3 rings (SSSR count). The van der Waals surface area contributed by atoms with E-state index < -0.39 is 30.0 Å². The fraction of sp³-hybridized carbons (Fsp3) is 0.667. The van der Waals surface area contributed by atoms with Crippen molar-refractivity contribution >= 4 is 11.8 Å². The van der Waals surface area contributed by atoms with Gasteiger partial charge in [0.1, 0.15) is 24.1 Å². The predicted octanol–water partition coefficient (Wildman–Crippen LogP) is 0.0854. The highest BCUT2D eigenvalue weighted by molar-refractivity contribution is 5.94. The summed E-state index contributed by atoms with van der Waals surface area (Å²) in [6.07, 6.45) is -0.734. The lowest BCUT2D eigenvalue weighted by Crippen LogP contribution is -2.50. The molecule has 0 unspecified atom stereocenters. The molecule has 0 saturated carbocycles. The fourth-order valence-electron chi connectivity index (χ4n) is 4.29. The zero-order chi connectivity index (χ0) is 24.5. The van der Waals surface area contributed by atoms with Gasteiger partial charge in [0.2, 0.25) is 5.91 Å². The van der Waals surface area contributed by atoms with Crippen molar-refractivity contribution in [3.63, 3.8) is 0 Å². The van der Waals surface area contributed by atoms with Crippen molar-refractivity contribution < 1.29 is 34.0 Å². The smallest absolute Gasteiger partial charge is 0.254 e. The Bertz CT molecular complexity index is 789. The van der Waals surface area contributed by atoms with E-state index in [2.05, 4.69) is 4.90 Å². The normalized spacial score (nSPS) is 26.3. The first-order chi connectivity index (χ1) is 16.3. The van der Waals surface area contributed by atoms with Gasteiger partial charge < -0.3 is 29.9 Å². The summed E-state index contributed by atoms with van der Waals surface area (Å²) in [6, 6.07) is 5.06. The number of amides is 2. The van der Waals surface area contributed by atoms with Gasteiger partial charge in [-0.3, -0.25) is 14.5 Å². The Morgan fingerprint density at radius 2 is 1.53 bits per heavy atom. The minimum atomic E-state index is -1.51. The number of β-amino-alcohol motifs (C(OH)–C–C–N with tert-alkyl or cyclic N) is 1. The van der Waals surface area contributed by atoms with Gasteiger partial charge in [0.05, 0.1) is 13.2 Å². The third kappa shape index (κ3) is 7.71. The Labute approximate surface area is 199 Å². The predicted molar refractivity (Wildman–Crippen MR) is 123 cm³/mol. The molecular weight excluding hydrogens is 445 g/mol. The van der Waals surface area contributed by atoms with Crippen molar-refractivity contribution in [3.8, 4) is 0 Å². The Kier molecular flexibility index (Phi) is 10.2. The van der Waals surface area contributed by atoms with Gasteiger partial charge in [-0.1, -0.05) is 0 Å². The lowest BCUT2D eigenvalue weighted by molar-refractivity contribution is -0.132. The molecule has 1 aromatic carbocycles. The van der Waals surface area contributed by atoms with Crippen LogP contribution in [0.4, 0.5) is 4.39 Å². The van der Waals surface area contributed by atoms with E-state index in [4.69, 9.17) is 4.74 Å². The number of rotatable bonds is 3. The number of aliphatic hydroxyl groups excluding tert-OH is 3. The molecule has 3 N–H and O–H groups in total. The molecule has 10 heteroatoms. The number of carbonyl (C=O) groups excluding carboxylic acids is 2. The van der Waals surface area contributed by atoms with Crippen LogP contribution in [0, 0.1) is 5.82 Å². The molecule has 0 aromatic heterocycles. The number of halogens is 1. The summed E-state index contributed by atoms with van der Waals surface area (Å²) in [7, 11) is 0. The highest BCUT2D eigenvalue weighted by Gasteiger charge is 2.30. The number of aliphatic hydroxyl groups is 3. The number of nitrogens with zero attached hydrogens (tertiary/aromatic N) is 3. The molecule has 0 radical (unpaired) electrons. The third-order valence-electron chi connectivity index (χ3n) is 6.38. The largest absolute Gasteiger partial charge is 0.388 e. The Morgan fingerprint density at radius 3 is 2.24 bits per heavy atom. The molecule has 1 aromatic rings. The average Bonchev–Trinajstić information content (AvgIpc) is 3.33. The van der Waals surface area contributed by atoms with Crippen LogP contribution in [0.1, 0.15) is 36.0 Å². The fourth-order valence-corrected chi connectivity index (χ4v) is 4.29. The van der Waals surface area contributed by atoms with Crippen LogP contribution in [-0.2, 0) is 9.53 Å². The summed E-state index contributed by atoms with van der Waals surface area (Å²) in [6.45, 7) is 2.96. The third-order valence-corrected chi connectivity index (χ3v) is 6.38. The van der Waals surface area contributed by atoms with Gasteiger partial charge in [0.25, 0.3) is 5.91 Å². The first-order valence-corrected chi connectivity index (χ1v) is 12.0. The zero-order valence-electron chi connectivity index (χ0n) is 19.5. The van der Waals surface area contributed by atoms with E-state index in [1.165, 1.54) is 29.2 Å². The molecule has 2 fully saturated rings. The number of hydrogen-bond donors (Lipinski definition) is 3. The van der Waals surface area contributed by atoms with E-state index in [1.54, 1.807) is 4.90 Å². The van der Waals surface area contributed by atoms with Crippen molar-refractivity contribution in [1.82, 2.24) is 14.7 Å². The monoisotopic (exact) mass is 481 g/mol. The van der Waals surface area contributed by atoms with Gasteiger partial charge >= 0.3 is 0 Å². The van der Waals surface area contributed by atoms with E-state index >= 15 is 0 Å². The van der Waals surface area contributed by atoms with Crippen molar-refractivity contribution in [2.45, 2.75) is 44.0 Å². The van der Waals surface area contributed by atoms with Crippen LogP contribution in [0.3, 0.4) is 0 Å². The molecule has 2 saturated heterocycles. The lowest BCUT2D eigenvalue weighted by atomic mass is 10.1. The van der Waals surface area contributed by atoms with Crippen molar-refractivity contribution in [2.24, 2.45) is 0 Å². The summed E-state index contributed by atoms with van der Waals surface area (Å²) < 4.78 is 18.8. The molecule has 9 nitrogen and oxygen atoms in total. The molecule has 2 amide bonds. The van der Waals surface area contributed by atoms with Crippen LogP contribution >= 0.6 is 0 Å². The summed E-state index contributed by atoms with van der Waals surface area (Å²) >= 11 is 0. The van der Waals surface area contributed by atoms with Crippen molar-refractivity contribution in [3.05, 3.63) is 35.6 Å². The highest BCUT2D eigenvalue weighted by atomic mass is 19.1. The number of hydrogen-bond acceptors (Lipinski definition) is 7. The van der Waals surface area contributed by atoms with E-state index in [9.17, 15) is 29.3 Å². The van der Waals surface area contributed by atoms with Crippen LogP contribution in [0.25, 0.3) is 0 Å². The van der Waals surface area contributed by atoms with Gasteiger partial charge in [0.15, 0.2) is 0 Å². The maximum atomic E-state index is 13.3. The number of benzene rings is 1. The zero-order valence-corrected chi connectivity index (χ0v) is 19.5. The standard InChI is InChI=1S/C24H36FN3O6/c25-19-7-5-18(6-8-19)24(33)28-13-12-27(22(31)16-26-9-1-2-10-26)11-3-4-14-34-17-21(30)23(32)20(29)15-28/h5-8,20-21,23,29-30,32H,1-4,9-17H2/t20-,21+,23+/m0/s1. The van der Waals surface area contributed by atoms with Crippen LogP contribution in [-0.4, -0.2) is 119 Å². The molecule has 2 aliphatic heterocycles. The first-order valence-electron chi connectivity index (χ1n) is 12.0. The van der Waals surface area contributed by atoms with Gasteiger partial charge in [-0.05, 0) is 63.0 Å². The molecule has 3 atom stereocenters. The minimum Gasteiger partial charge on any atom is -0.388 e. The average molecular weight is 482 g/mol. The van der Waals surface area contributed by atoms with Crippen LogP contribution < -0.4 is 0 Å². The second-order valence-corrected chi connectivity index (χ2v) is 9.03. The van der Waals surface area contributed by atoms with E-state index in [-0.39, 0.29) is 37.7 Å². The molecule has 190 valence electrons. The van der Waals surface area contributed by atoms with Crippen LogP contribution in [0.2, 0.25) is 0 Å². The Hall–Kier alpha value is -2.11. The van der Waals surface area contributed by atoms with Gasteiger partial charge in [-0.2, -0.15) is 0 Å². The lowest BCUT2D eigenvalue weighted by Gasteiger charge is -2.32. The molecule has 34 heavy (non-hydrogen) atoms. The molecule has 2 heterocycles. The summed E-state index contributed by atoms with van der Waals surface area (Å²) in [5, 5.41) is 31.0. The van der Waals surface area contributed by atoms with E-state index in [1.807, 2.05) is 0 Å². The number of likely N-dealkylation sites (tertiary alicyclic amines) is 1. The van der Waals surface area contributed by atoms with Crippen molar-refractivity contribution in [1.29, 1.82) is 0 Å². The van der Waals surface area contributed by atoms with Gasteiger partial charge in [-0.25, -0.2) is 4.39 Å².